The van der Waals surface area contributed by atoms with Crippen LogP contribution in [-0.4, -0.2) is 11.9 Å². The summed E-state index contributed by atoms with van der Waals surface area (Å²) < 4.78 is 0. The molecule has 0 spiro atoms. The van der Waals surface area contributed by atoms with Crippen LogP contribution in [0, 0.1) is 0 Å². The molecule has 1 rings (SSSR count). The Kier molecular flexibility index (Phi) is 10.2. The van der Waals surface area contributed by atoms with Gasteiger partial charge in [0.1, 0.15) is 0 Å². The molecule has 0 bridgehead atoms. The standard InChI is InChI=1S/C10H11NO4.2Na/c11-8-3-1-7(10(14)15)5-6(8)2-4-9(12)13;;/h1,3,5H,2,4,11H2,(H,12,13)(H,14,15);;/q;2*+1/p-2. The SMILES string of the molecule is Nc1ccc(C(=O)[O-])cc1CCC(=O)[O-].[Na+].[Na+]. The van der Waals surface area contributed by atoms with Crippen molar-refractivity contribution < 1.29 is 78.9 Å². The summed E-state index contributed by atoms with van der Waals surface area (Å²) in [6.45, 7) is 0. The number of aromatic carboxylic acids is 1. The van der Waals surface area contributed by atoms with Crippen LogP contribution in [0.25, 0.3) is 0 Å². The number of benzene rings is 1. The van der Waals surface area contributed by atoms with Crippen molar-refractivity contribution in [1.82, 2.24) is 0 Å². The molecule has 0 aliphatic rings. The van der Waals surface area contributed by atoms with Crippen molar-refractivity contribution in [3.8, 4) is 0 Å². The van der Waals surface area contributed by atoms with E-state index in [1.54, 1.807) is 0 Å². The van der Waals surface area contributed by atoms with Crippen LogP contribution in [-0.2, 0) is 11.2 Å². The summed E-state index contributed by atoms with van der Waals surface area (Å²) in [5.74, 6) is -2.52. The van der Waals surface area contributed by atoms with Gasteiger partial charge in [-0.25, -0.2) is 0 Å². The van der Waals surface area contributed by atoms with Crippen LogP contribution >= 0.6 is 0 Å². The molecule has 1 aromatic rings. The van der Waals surface area contributed by atoms with Crippen LogP contribution in [0.4, 0.5) is 5.69 Å². The van der Waals surface area contributed by atoms with E-state index in [1.165, 1.54) is 18.2 Å². The Morgan fingerprint density at radius 3 is 2.24 bits per heavy atom. The van der Waals surface area contributed by atoms with Crippen molar-refractivity contribution in [1.29, 1.82) is 0 Å². The van der Waals surface area contributed by atoms with E-state index in [1.807, 2.05) is 0 Å². The molecule has 0 saturated heterocycles. The maximum Gasteiger partial charge on any atom is 1.00 e. The Bertz CT molecular complexity index is 409. The van der Waals surface area contributed by atoms with Gasteiger partial charge in [0.05, 0.1) is 5.97 Å². The van der Waals surface area contributed by atoms with E-state index < -0.39 is 11.9 Å². The Balaban J connectivity index is 0. The summed E-state index contributed by atoms with van der Waals surface area (Å²) in [4.78, 5) is 20.7. The van der Waals surface area contributed by atoms with Crippen LogP contribution in [0.1, 0.15) is 22.3 Å². The predicted molar refractivity (Wildman–Crippen MR) is 48.5 cm³/mol. The minimum absolute atomic E-state index is 0. The van der Waals surface area contributed by atoms with Gasteiger partial charge in [-0.05, 0) is 36.1 Å². The van der Waals surface area contributed by atoms with E-state index in [-0.39, 0.29) is 77.5 Å². The van der Waals surface area contributed by atoms with E-state index in [0.717, 1.165) is 0 Å². The van der Waals surface area contributed by atoms with Gasteiger partial charge in [0.15, 0.2) is 0 Å². The molecule has 7 heteroatoms. The Morgan fingerprint density at radius 1 is 1.18 bits per heavy atom. The molecular weight excluding hydrogens is 244 g/mol. The molecule has 0 aliphatic heterocycles. The molecule has 0 atom stereocenters. The molecule has 0 radical (unpaired) electrons. The first-order valence-electron chi connectivity index (χ1n) is 4.30. The average Bonchev–Trinajstić information content (AvgIpc) is 2.16. The third-order valence-electron chi connectivity index (χ3n) is 1.98. The van der Waals surface area contributed by atoms with Crippen LogP contribution < -0.4 is 75.1 Å². The van der Waals surface area contributed by atoms with Crippen LogP contribution in [0.3, 0.4) is 0 Å². The third-order valence-corrected chi connectivity index (χ3v) is 1.98. The number of anilines is 1. The first-order valence-corrected chi connectivity index (χ1v) is 4.30. The number of hydrogen-bond donors (Lipinski definition) is 1. The second-order valence-corrected chi connectivity index (χ2v) is 3.07. The molecule has 0 unspecified atom stereocenters. The smallest absolute Gasteiger partial charge is 0.550 e. The first kappa shape index (κ1) is 19.3. The maximum atomic E-state index is 10.5. The number of carbonyl (C=O) groups excluding carboxylic acids is 2. The van der Waals surface area contributed by atoms with Gasteiger partial charge < -0.3 is 25.5 Å². The summed E-state index contributed by atoms with van der Waals surface area (Å²) in [6, 6.07) is 4.04. The zero-order chi connectivity index (χ0) is 11.4. The second-order valence-electron chi connectivity index (χ2n) is 3.07. The van der Waals surface area contributed by atoms with Crippen LogP contribution in [0.2, 0.25) is 0 Å². The summed E-state index contributed by atoms with van der Waals surface area (Å²) in [5, 5.41) is 20.7. The Morgan fingerprint density at radius 2 is 1.76 bits per heavy atom. The largest absolute Gasteiger partial charge is 1.00 e. The number of hydrogen-bond acceptors (Lipinski definition) is 5. The summed E-state index contributed by atoms with van der Waals surface area (Å²) in [5.41, 5.74) is 6.37. The Labute approximate surface area is 143 Å². The quantitative estimate of drug-likeness (QED) is 0.424. The number of rotatable bonds is 4. The molecule has 0 heterocycles. The molecule has 0 amide bonds. The number of nitrogen functional groups attached to an aromatic ring is 1. The monoisotopic (exact) mass is 253 g/mol. The van der Waals surface area contributed by atoms with Gasteiger partial charge in [0.2, 0.25) is 0 Å². The number of carboxylic acids is 2. The number of carboxylic acid groups (broad SMARTS) is 2. The topological polar surface area (TPSA) is 106 Å². The van der Waals surface area contributed by atoms with Gasteiger partial charge in [-0.2, -0.15) is 0 Å². The number of aliphatic carboxylic acids is 1. The minimum Gasteiger partial charge on any atom is -0.550 e. The van der Waals surface area contributed by atoms with E-state index in [0.29, 0.717) is 11.3 Å². The minimum atomic E-state index is -1.32. The molecule has 0 saturated carbocycles. The summed E-state index contributed by atoms with van der Waals surface area (Å²) in [6.07, 6.45) is -0.0456. The first-order chi connectivity index (χ1) is 7.00. The van der Waals surface area contributed by atoms with Gasteiger partial charge >= 0.3 is 59.1 Å². The zero-order valence-electron chi connectivity index (χ0n) is 9.86. The summed E-state index contributed by atoms with van der Waals surface area (Å²) >= 11 is 0. The molecule has 17 heavy (non-hydrogen) atoms. The molecule has 0 aromatic heterocycles. The molecule has 0 aliphatic carbocycles. The second kappa shape index (κ2) is 8.97. The van der Waals surface area contributed by atoms with Gasteiger partial charge in [0.25, 0.3) is 0 Å². The molecule has 5 nitrogen and oxygen atoms in total. The molecule has 2 N–H and O–H groups in total. The fourth-order valence-electron chi connectivity index (χ4n) is 1.19. The summed E-state index contributed by atoms with van der Waals surface area (Å²) in [7, 11) is 0. The average molecular weight is 253 g/mol. The van der Waals surface area contributed by atoms with Crippen molar-refractivity contribution in [3.05, 3.63) is 29.3 Å². The zero-order valence-corrected chi connectivity index (χ0v) is 13.9. The van der Waals surface area contributed by atoms with Gasteiger partial charge in [0, 0.05) is 11.7 Å². The fraction of sp³-hybridized carbons (Fsp3) is 0.200. The predicted octanol–water partition coefficient (Wildman–Crippen LogP) is -7.68. The van der Waals surface area contributed by atoms with Gasteiger partial charge in [-0.1, -0.05) is 6.07 Å². The van der Waals surface area contributed by atoms with Crippen molar-refractivity contribution in [3.63, 3.8) is 0 Å². The van der Waals surface area contributed by atoms with Crippen molar-refractivity contribution >= 4 is 17.6 Å². The number of nitrogens with two attached hydrogens (primary N) is 1. The van der Waals surface area contributed by atoms with Gasteiger partial charge in [-0.15, -0.1) is 0 Å². The van der Waals surface area contributed by atoms with Crippen molar-refractivity contribution in [2.45, 2.75) is 12.8 Å². The van der Waals surface area contributed by atoms with E-state index in [4.69, 9.17) is 5.73 Å². The number of aryl methyl sites for hydroxylation is 1. The van der Waals surface area contributed by atoms with E-state index in [9.17, 15) is 19.8 Å². The van der Waals surface area contributed by atoms with Crippen molar-refractivity contribution in [2.24, 2.45) is 0 Å². The van der Waals surface area contributed by atoms with Gasteiger partial charge in [-0.3, -0.25) is 0 Å². The molecular formula is C10H9NNa2O4. The fourth-order valence-corrected chi connectivity index (χ4v) is 1.19. The maximum absolute atomic E-state index is 10.5. The number of carbonyl (C=O) groups is 2. The van der Waals surface area contributed by atoms with E-state index in [2.05, 4.69) is 0 Å². The van der Waals surface area contributed by atoms with E-state index >= 15 is 0 Å². The normalized spacial score (nSPS) is 8.71. The molecule has 80 valence electrons. The van der Waals surface area contributed by atoms with Crippen LogP contribution in [0.5, 0.6) is 0 Å². The third kappa shape index (κ3) is 6.45. The molecule has 0 fully saturated rings. The van der Waals surface area contributed by atoms with Crippen LogP contribution in [0.15, 0.2) is 18.2 Å². The Hall–Kier alpha value is -0.0400. The van der Waals surface area contributed by atoms with Crippen molar-refractivity contribution in [2.75, 3.05) is 5.73 Å². The molecule has 1 aromatic carbocycles.